The smallest absolute Gasteiger partial charge is 0.267 e. The van der Waals surface area contributed by atoms with E-state index in [0.29, 0.717) is 20.8 Å². The minimum atomic E-state index is -0.553. The van der Waals surface area contributed by atoms with E-state index in [-0.39, 0.29) is 35.1 Å². The summed E-state index contributed by atoms with van der Waals surface area (Å²) in [5, 5.41) is 20.3. The van der Waals surface area contributed by atoms with Gasteiger partial charge in [0.05, 0.1) is 17.6 Å². The molecule has 1 aromatic carbocycles. The second kappa shape index (κ2) is 10.6. The van der Waals surface area contributed by atoms with Crippen molar-refractivity contribution in [1.29, 1.82) is 5.41 Å². The van der Waals surface area contributed by atoms with E-state index in [4.69, 9.17) is 10.1 Å². The average Bonchev–Trinajstić information content (AvgIpc) is 3.35. The predicted molar refractivity (Wildman–Crippen MR) is 143 cm³/mol. The van der Waals surface area contributed by atoms with E-state index in [1.807, 2.05) is 43.3 Å². The van der Waals surface area contributed by atoms with Crippen LogP contribution in [0, 0.1) is 12.3 Å². The van der Waals surface area contributed by atoms with Crippen LogP contribution in [0.1, 0.15) is 21.5 Å². The number of hydrogen-bond acceptors (Lipinski definition) is 9. The van der Waals surface area contributed by atoms with Gasteiger partial charge in [0, 0.05) is 25.6 Å². The number of rotatable bonds is 8. The minimum absolute atomic E-state index is 0.0313. The molecular formula is C25H23N7O3S2. The summed E-state index contributed by atoms with van der Waals surface area (Å²) in [5.41, 5.74) is 2.45. The van der Waals surface area contributed by atoms with Gasteiger partial charge in [0.1, 0.15) is 16.8 Å². The summed E-state index contributed by atoms with van der Waals surface area (Å²) in [5.74, 6) is 0.178. The third-order valence-electron chi connectivity index (χ3n) is 5.73. The number of hydrogen-bond donors (Lipinski definition) is 2. The topological polar surface area (TPSA) is 127 Å². The Morgan fingerprint density at radius 2 is 1.97 bits per heavy atom. The summed E-state index contributed by atoms with van der Waals surface area (Å²) in [6, 6.07) is 15.1. The first kappa shape index (κ1) is 24.8. The van der Waals surface area contributed by atoms with Crippen LogP contribution >= 0.6 is 23.1 Å². The molecule has 0 saturated carbocycles. The van der Waals surface area contributed by atoms with Gasteiger partial charge in [0.2, 0.25) is 5.13 Å². The van der Waals surface area contributed by atoms with Gasteiger partial charge in [-0.05, 0) is 30.2 Å². The van der Waals surface area contributed by atoms with Gasteiger partial charge in [-0.2, -0.15) is 0 Å². The van der Waals surface area contributed by atoms with E-state index in [1.54, 1.807) is 19.4 Å². The lowest BCUT2D eigenvalue weighted by atomic mass is 10.2. The van der Waals surface area contributed by atoms with Crippen molar-refractivity contribution in [2.45, 2.75) is 23.6 Å². The molecule has 0 aliphatic carbocycles. The number of anilines is 1. The van der Waals surface area contributed by atoms with Crippen molar-refractivity contribution >= 4 is 50.8 Å². The molecule has 1 amide bonds. The van der Waals surface area contributed by atoms with E-state index in [2.05, 4.69) is 20.5 Å². The normalized spacial score (nSPS) is 11.3. The van der Waals surface area contributed by atoms with Gasteiger partial charge in [0.15, 0.2) is 4.34 Å². The molecule has 10 nitrogen and oxygen atoms in total. The Morgan fingerprint density at radius 1 is 1.16 bits per heavy atom. The van der Waals surface area contributed by atoms with Gasteiger partial charge < -0.3 is 9.30 Å². The summed E-state index contributed by atoms with van der Waals surface area (Å²) in [7, 11) is 1.55. The van der Waals surface area contributed by atoms with Crippen LogP contribution in [0.25, 0.3) is 16.7 Å². The van der Waals surface area contributed by atoms with E-state index in [0.717, 1.165) is 16.9 Å². The zero-order valence-corrected chi connectivity index (χ0v) is 21.7. The van der Waals surface area contributed by atoms with Crippen molar-refractivity contribution in [2.75, 3.05) is 19.0 Å². The molecule has 4 aromatic heterocycles. The van der Waals surface area contributed by atoms with E-state index < -0.39 is 5.91 Å². The van der Waals surface area contributed by atoms with E-state index in [9.17, 15) is 9.59 Å². The van der Waals surface area contributed by atoms with Crippen LogP contribution < -0.4 is 16.4 Å². The number of pyridine rings is 2. The number of nitrogens with zero attached hydrogens (tertiary/aromatic N) is 5. The van der Waals surface area contributed by atoms with Crippen LogP contribution in [0.4, 0.5) is 5.13 Å². The summed E-state index contributed by atoms with van der Waals surface area (Å²) in [4.78, 5) is 31.3. The standard InChI is InChI=1S/C25H23N7O3S2/c1-15-7-6-10-32-20(15)27-21-18(23(32)34)13-17(19(26)31(21)11-12-35-2)22(33)28-24-29-30-25(37-24)36-14-16-8-4-3-5-9-16/h3-10,13,26H,11-12,14H2,1-2H3,(H,28,29,33). The maximum atomic E-state index is 13.4. The van der Waals surface area contributed by atoms with Crippen LogP contribution in [-0.2, 0) is 17.0 Å². The number of carbonyl (C=O) groups is 1. The van der Waals surface area contributed by atoms with Crippen LogP contribution in [0.5, 0.6) is 0 Å². The number of methoxy groups -OCH3 is 1. The second-order valence-electron chi connectivity index (χ2n) is 8.19. The summed E-state index contributed by atoms with van der Waals surface area (Å²) < 4.78 is 8.90. The number of ether oxygens (including phenoxy) is 1. The lowest BCUT2D eigenvalue weighted by molar-refractivity contribution is 0.102. The Labute approximate surface area is 219 Å². The van der Waals surface area contributed by atoms with Crippen molar-refractivity contribution in [3.63, 3.8) is 0 Å². The van der Waals surface area contributed by atoms with E-state index >= 15 is 0 Å². The molecule has 0 spiro atoms. The first-order valence-corrected chi connectivity index (χ1v) is 13.2. The fourth-order valence-corrected chi connectivity index (χ4v) is 5.58. The summed E-state index contributed by atoms with van der Waals surface area (Å²) in [6.45, 7) is 2.40. The molecule has 0 aliphatic rings. The van der Waals surface area contributed by atoms with Crippen molar-refractivity contribution < 1.29 is 9.53 Å². The van der Waals surface area contributed by atoms with Crippen molar-refractivity contribution in [3.8, 4) is 0 Å². The third-order valence-corrected chi connectivity index (χ3v) is 7.77. The SMILES string of the molecule is COCCn1c(=N)c(C(=O)Nc2nnc(SCc3ccccc3)s2)cc2c(=O)n3cccc(C)c3nc21. The van der Waals surface area contributed by atoms with Gasteiger partial charge in [-0.25, -0.2) is 4.98 Å². The van der Waals surface area contributed by atoms with Crippen molar-refractivity contribution in [1.82, 2.24) is 24.1 Å². The molecule has 0 atom stereocenters. The molecule has 0 fully saturated rings. The molecule has 0 aliphatic heterocycles. The molecule has 2 N–H and O–H groups in total. The zero-order chi connectivity index (χ0) is 25.9. The zero-order valence-electron chi connectivity index (χ0n) is 20.1. The molecule has 5 rings (SSSR count). The Bertz CT molecular complexity index is 1730. The highest BCUT2D eigenvalue weighted by molar-refractivity contribution is 8.00. The summed E-state index contributed by atoms with van der Waals surface area (Å²) in [6.07, 6.45) is 1.64. The maximum Gasteiger partial charge on any atom is 0.267 e. The van der Waals surface area contributed by atoms with Crippen molar-refractivity contribution in [3.05, 3.63) is 87.3 Å². The number of benzene rings is 1. The van der Waals surface area contributed by atoms with Gasteiger partial charge in [-0.1, -0.05) is 59.5 Å². The Morgan fingerprint density at radius 3 is 2.76 bits per heavy atom. The first-order valence-electron chi connectivity index (χ1n) is 11.4. The molecular weight excluding hydrogens is 510 g/mol. The number of thioether (sulfide) groups is 1. The van der Waals surface area contributed by atoms with Gasteiger partial charge in [-0.15, -0.1) is 10.2 Å². The molecule has 0 bridgehead atoms. The Hall–Kier alpha value is -3.87. The van der Waals surface area contributed by atoms with Crippen LogP contribution in [0.15, 0.2) is 63.9 Å². The highest BCUT2D eigenvalue weighted by Crippen LogP contribution is 2.28. The molecule has 5 aromatic rings. The predicted octanol–water partition coefficient (Wildman–Crippen LogP) is 3.48. The average molecular weight is 534 g/mol. The van der Waals surface area contributed by atoms with Crippen molar-refractivity contribution in [2.24, 2.45) is 0 Å². The highest BCUT2D eigenvalue weighted by atomic mass is 32.2. The first-order chi connectivity index (χ1) is 18.0. The quantitative estimate of drug-likeness (QED) is 0.178. The van der Waals surface area contributed by atoms with E-state index in [1.165, 1.54) is 38.1 Å². The number of carbonyl (C=O) groups excluding carboxylic acids is 1. The number of aryl methyl sites for hydroxylation is 1. The van der Waals surface area contributed by atoms with Crippen LogP contribution in [0.3, 0.4) is 0 Å². The van der Waals surface area contributed by atoms with Crippen LogP contribution in [0.2, 0.25) is 0 Å². The lowest BCUT2D eigenvalue weighted by Crippen LogP contribution is -2.33. The second-order valence-corrected chi connectivity index (χ2v) is 10.4. The molecule has 4 heterocycles. The number of amides is 1. The number of fused-ring (bicyclic) bond motifs is 2. The molecule has 0 unspecified atom stereocenters. The molecule has 37 heavy (non-hydrogen) atoms. The van der Waals surface area contributed by atoms with Gasteiger partial charge in [-0.3, -0.25) is 24.7 Å². The third kappa shape index (κ3) is 5.03. The molecule has 188 valence electrons. The van der Waals surface area contributed by atoms with Crippen LogP contribution in [-0.4, -0.2) is 43.8 Å². The molecule has 0 radical (unpaired) electrons. The number of aromatic nitrogens is 5. The Balaban J connectivity index is 1.49. The molecule has 12 heteroatoms. The maximum absolute atomic E-state index is 13.4. The highest BCUT2D eigenvalue weighted by Gasteiger charge is 2.19. The Kier molecular flexibility index (Phi) is 7.12. The van der Waals surface area contributed by atoms with Gasteiger partial charge in [0.25, 0.3) is 11.5 Å². The monoisotopic (exact) mass is 533 g/mol. The molecule has 0 saturated heterocycles. The van der Waals surface area contributed by atoms with Gasteiger partial charge >= 0.3 is 0 Å². The largest absolute Gasteiger partial charge is 0.383 e. The fraction of sp³-hybridized carbons (Fsp3) is 0.200. The number of nitrogens with one attached hydrogen (secondary N) is 2. The minimum Gasteiger partial charge on any atom is -0.383 e. The fourth-order valence-electron chi connectivity index (χ4n) is 3.87. The lowest BCUT2D eigenvalue weighted by Gasteiger charge is -2.14. The summed E-state index contributed by atoms with van der Waals surface area (Å²) >= 11 is 2.78.